The van der Waals surface area contributed by atoms with Gasteiger partial charge in [0.2, 0.25) is 12.5 Å². The summed E-state index contributed by atoms with van der Waals surface area (Å²) in [7, 11) is 4.82. The van der Waals surface area contributed by atoms with Crippen LogP contribution < -0.4 is 28.4 Å². The predicted molar refractivity (Wildman–Crippen MR) is 102 cm³/mol. The van der Waals surface area contributed by atoms with Crippen LogP contribution >= 0.6 is 0 Å². The van der Waals surface area contributed by atoms with Gasteiger partial charge in [0, 0.05) is 17.5 Å². The predicted octanol–water partition coefficient (Wildman–Crippen LogP) is 4.38. The van der Waals surface area contributed by atoms with Gasteiger partial charge in [0.25, 0.3) is 0 Å². The van der Waals surface area contributed by atoms with E-state index in [1.807, 2.05) is 24.3 Å². The minimum absolute atomic E-state index is 0.0139. The maximum Gasteiger partial charge on any atom is 0.231 e. The Morgan fingerprint density at radius 2 is 1.52 bits per heavy atom. The van der Waals surface area contributed by atoms with Crippen LogP contribution in [0.1, 0.15) is 37.3 Å². The van der Waals surface area contributed by atoms with Gasteiger partial charge in [0.1, 0.15) is 5.75 Å². The Balaban J connectivity index is 2.06. The van der Waals surface area contributed by atoms with Crippen LogP contribution in [0.25, 0.3) is 0 Å². The lowest BCUT2D eigenvalue weighted by Crippen LogP contribution is -2.04. The van der Waals surface area contributed by atoms with Crippen molar-refractivity contribution in [3.63, 3.8) is 0 Å². The summed E-state index contributed by atoms with van der Waals surface area (Å²) in [6.07, 6.45) is 0.923. The number of methoxy groups -OCH3 is 3. The van der Waals surface area contributed by atoms with E-state index in [9.17, 15) is 0 Å². The van der Waals surface area contributed by atoms with Gasteiger partial charge in [-0.1, -0.05) is 13.8 Å². The van der Waals surface area contributed by atoms with Crippen molar-refractivity contribution in [1.82, 2.24) is 0 Å². The number of hydrogen-bond donors (Lipinski definition) is 0. The van der Waals surface area contributed by atoms with Crippen LogP contribution in [0.5, 0.6) is 34.5 Å². The minimum Gasteiger partial charge on any atom is -0.493 e. The van der Waals surface area contributed by atoms with Gasteiger partial charge in [0.15, 0.2) is 23.0 Å². The Hall–Kier alpha value is -2.76. The maximum absolute atomic E-state index is 5.99. The number of hydrogen-bond acceptors (Lipinski definition) is 6. The molecule has 0 amide bonds. The Labute approximate surface area is 159 Å². The topological polar surface area (TPSA) is 55.4 Å². The van der Waals surface area contributed by atoms with Crippen molar-refractivity contribution >= 4 is 0 Å². The Morgan fingerprint density at radius 3 is 2.07 bits per heavy atom. The van der Waals surface area contributed by atoms with Crippen molar-refractivity contribution in [3.05, 3.63) is 35.4 Å². The van der Waals surface area contributed by atoms with Gasteiger partial charge >= 0.3 is 0 Å². The van der Waals surface area contributed by atoms with Crippen molar-refractivity contribution < 1.29 is 28.4 Å². The third kappa shape index (κ3) is 3.70. The quantitative estimate of drug-likeness (QED) is 0.683. The molecule has 0 aliphatic carbocycles. The number of rotatable bonds is 8. The summed E-state index contributed by atoms with van der Waals surface area (Å²) in [6, 6.07) is 7.81. The average Bonchev–Trinajstić information content (AvgIpc) is 3.17. The highest BCUT2D eigenvalue weighted by Crippen LogP contribution is 2.45. The number of benzene rings is 2. The molecule has 1 atom stereocenters. The summed E-state index contributed by atoms with van der Waals surface area (Å²) in [5.74, 6) is 4.06. The molecule has 27 heavy (non-hydrogen) atoms. The largest absolute Gasteiger partial charge is 0.493 e. The normalized spacial score (nSPS) is 13.2. The van der Waals surface area contributed by atoms with Crippen LogP contribution in [-0.2, 0) is 0 Å². The standard InChI is InChI=1S/C21H26O6/c1-6-7-25-16-11-18-17(26-12-27-18)10-15(16)13(2)14-8-19(22-3)21(24-5)20(9-14)23-4/h8-11,13H,6-7,12H2,1-5H3/t13-/m0/s1. The summed E-state index contributed by atoms with van der Waals surface area (Å²) in [6.45, 7) is 5.05. The van der Waals surface area contributed by atoms with Crippen molar-refractivity contribution in [2.24, 2.45) is 0 Å². The first-order valence-electron chi connectivity index (χ1n) is 8.99. The first kappa shape index (κ1) is 19.0. The third-order valence-electron chi connectivity index (χ3n) is 4.62. The molecule has 2 aromatic rings. The van der Waals surface area contributed by atoms with Gasteiger partial charge in [-0.15, -0.1) is 0 Å². The van der Waals surface area contributed by atoms with Gasteiger partial charge in [-0.3, -0.25) is 0 Å². The first-order valence-corrected chi connectivity index (χ1v) is 8.99. The second-order valence-electron chi connectivity index (χ2n) is 6.27. The molecule has 6 heteroatoms. The van der Waals surface area contributed by atoms with E-state index >= 15 is 0 Å². The lowest BCUT2D eigenvalue weighted by molar-refractivity contribution is 0.173. The van der Waals surface area contributed by atoms with Crippen molar-refractivity contribution in [2.75, 3.05) is 34.7 Å². The highest BCUT2D eigenvalue weighted by molar-refractivity contribution is 5.58. The molecule has 6 nitrogen and oxygen atoms in total. The zero-order valence-electron chi connectivity index (χ0n) is 16.5. The Bertz CT molecular complexity index is 776. The summed E-state index contributed by atoms with van der Waals surface area (Å²) in [4.78, 5) is 0. The zero-order chi connectivity index (χ0) is 19.4. The smallest absolute Gasteiger partial charge is 0.231 e. The van der Waals surface area contributed by atoms with Crippen LogP contribution in [-0.4, -0.2) is 34.7 Å². The molecule has 1 aliphatic rings. The van der Waals surface area contributed by atoms with E-state index in [0.717, 1.165) is 29.0 Å². The second-order valence-corrected chi connectivity index (χ2v) is 6.27. The fourth-order valence-electron chi connectivity index (χ4n) is 3.15. The summed E-state index contributed by atoms with van der Waals surface area (Å²) in [5.41, 5.74) is 2.03. The summed E-state index contributed by atoms with van der Waals surface area (Å²) < 4.78 is 33.5. The van der Waals surface area contributed by atoms with Gasteiger partial charge < -0.3 is 28.4 Å². The number of fused-ring (bicyclic) bond motifs is 1. The van der Waals surface area contributed by atoms with Crippen molar-refractivity contribution in [3.8, 4) is 34.5 Å². The van der Waals surface area contributed by atoms with Crippen LogP contribution in [0, 0.1) is 0 Å². The summed E-state index contributed by atoms with van der Waals surface area (Å²) >= 11 is 0. The van der Waals surface area contributed by atoms with E-state index in [1.54, 1.807) is 21.3 Å². The van der Waals surface area contributed by atoms with Gasteiger partial charge in [0.05, 0.1) is 27.9 Å². The molecule has 0 N–H and O–H groups in total. The third-order valence-corrected chi connectivity index (χ3v) is 4.62. The maximum atomic E-state index is 5.99. The number of ether oxygens (including phenoxy) is 6. The van der Waals surface area contributed by atoms with E-state index < -0.39 is 0 Å². The molecule has 1 heterocycles. The SMILES string of the molecule is CCCOc1cc2c(cc1[C@@H](C)c1cc(OC)c(OC)c(OC)c1)OCO2. The van der Waals surface area contributed by atoms with Gasteiger partial charge in [-0.05, 0) is 30.2 Å². The second kappa shape index (κ2) is 8.29. The molecule has 3 rings (SSSR count). The molecular formula is C21H26O6. The molecule has 1 aliphatic heterocycles. The van der Waals surface area contributed by atoms with E-state index in [0.29, 0.717) is 29.6 Å². The molecule has 0 aromatic heterocycles. The van der Waals surface area contributed by atoms with Crippen LogP contribution in [0.15, 0.2) is 24.3 Å². The Kier molecular flexibility index (Phi) is 5.84. The molecule has 2 aromatic carbocycles. The lowest BCUT2D eigenvalue weighted by atomic mass is 9.91. The zero-order valence-corrected chi connectivity index (χ0v) is 16.5. The molecule has 0 fully saturated rings. The molecule has 0 radical (unpaired) electrons. The molecule has 0 spiro atoms. The minimum atomic E-state index is 0.0139. The van der Waals surface area contributed by atoms with E-state index in [1.165, 1.54) is 0 Å². The van der Waals surface area contributed by atoms with E-state index in [-0.39, 0.29) is 12.7 Å². The monoisotopic (exact) mass is 374 g/mol. The van der Waals surface area contributed by atoms with E-state index in [4.69, 9.17) is 28.4 Å². The molecule has 0 saturated carbocycles. The summed E-state index contributed by atoms with van der Waals surface area (Å²) in [5, 5.41) is 0. The lowest BCUT2D eigenvalue weighted by Gasteiger charge is -2.20. The average molecular weight is 374 g/mol. The highest BCUT2D eigenvalue weighted by atomic mass is 16.7. The van der Waals surface area contributed by atoms with Gasteiger partial charge in [-0.2, -0.15) is 0 Å². The van der Waals surface area contributed by atoms with Crippen LogP contribution in [0.3, 0.4) is 0 Å². The van der Waals surface area contributed by atoms with Crippen molar-refractivity contribution in [2.45, 2.75) is 26.2 Å². The van der Waals surface area contributed by atoms with Crippen LogP contribution in [0.4, 0.5) is 0 Å². The first-order chi connectivity index (χ1) is 13.1. The molecule has 0 unspecified atom stereocenters. The molecule has 0 bridgehead atoms. The van der Waals surface area contributed by atoms with Crippen molar-refractivity contribution in [1.29, 1.82) is 0 Å². The highest BCUT2D eigenvalue weighted by Gasteiger charge is 2.24. The molecule has 146 valence electrons. The molecule has 0 saturated heterocycles. The fraction of sp³-hybridized carbons (Fsp3) is 0.429. The Morgan fingerprint density at radius 1 is 0.889 bits per heavy atom. The van der Waals surface area contributed by atoms with Gasteiger partial charge in [-0.25, -0.2) is 0 Å². The fourth-order valence-corrected chi connectivity index (χ4v) is 3.15. The van der Waals surface area contributed by atoms with E-state index in [2.05, 4.69) is 13.8 Å². The van der Waals surface area contributed by atoms with Crippen LogP contribution in [0.2, 0.25) is 0 Å². The molecular weight excluding hydrogens is 348 g/mol.